The zero-order valence-corrected chi connectivity index (χ0v) is 12.1. The monoisotopic (exact) mass is 277 g/mol. The first-order chi connectivity index (χ1) is 8.95. The van der Waals surface area contributed by atoms with Crippen molar-refractivity contribution in [1.82, 2.24) is 4.98 Å². The number of nitrogens with one attached hydrogen (secondary N) is 1. The van der Waals surface area contributed by atoms with Gasteiger partial charge in [-0.2, -0.15) is 0 Å². The van der Waals surface area contributed by atoms with Gasteiger partial charge in [-0.25, -0.2) is 0 Å². The first-order valence-electron chi connectivity index (χ1n) is 6.51. The fraction of sp³-hybridized carbons (Fsp3) is 0.500. The number of thiocarbonyl (C=S) groups is 1. The number of carbonyl (C=O) groups is 1. The minimum atomic E-state index is -0.674. The van der Waals surface area contributed by atoms with Crippen LogP contribution in [-0.4, -0.2) is 15.9 Å². The molecule has 3 N–H and O–H groups in total. The lowest BCUT2D eigenvalue weighted by Crippen LogP contribution is -2.44. The SMILES string of the molecule is Cc1ccc(NC(=O)C2(C(N)=S)CCCC2)c(C)n1. The molecule has 1 saturated carbocycles. The van der Waals surface area contributed by atoms with Gasteiger partial charge in [-0.3, -0.25) is 9.78 Å². The third-order valence-corrected chi connectivity index (χ3v) is 4.23. The summed E-state index contributed by atoms with van der Waals surface area (Å²) in [6.45, 7) is 3.80. The summed E-state index contributed by atoms with van der Waals surface area (Å²) in [5.74, 6) is -0.0914. The molecule has 1 amide bonds. The third kappa shape index (κ3) is 2.61. The molecule has 0 aromatic carbocycles. The summed E-state index contributed by atoms with van der Waals surface area (Å²) in [5.41, 5.74) is 7.61. The summed E-state index contributed by atoms with van der Waals surface area (Å²) in [7, 11) is 0. The quantitative estimate of drug-likeness (QED) is 0.833. The van der Waals surface area contributed by atoms with Gasteiger partial charge >= 0.3 is 0 Å². The third-order valence-electron chi connectivity index (χ3n) is 3.84. The van der Waals surface area contributed by atoms with Crippen molar-refractivity contribution in [3.05, 3.63) is 23.5 Å². The molecule has 1 aromatic rings. The van der Waals surface area contributed by atoms with Crippen molar-refractivity contribution in [2.75, 3.05) is 5.32 Å². The zero-order valence-electron chi connectivity index (χ0n) is 11.3. The second-order valence-corrected chi connectivity index (χ2v) is 5.63. The van der Waals surface area contributed by atoms with E-state index in [9.17, 15) is 4.79 Å². The van der Waals surface area contributed by atoms with E-state index in [4.69, 9.17) is 18.0 Å². The summed E-state index contributed by atoms with van der Waals surface area (Å²) < 4.78 is 0. The molecule has 1 aliphatic rings. The molecule has 1 fully saturated rings. The lowest BCUT2D eigenvalue weighted by molar-refractivity contribution is -0.122. The fourth-order valence-corrected chi connectivity index (χ4v) is 2.92. The number of nitrogens with two attached hydrogens (primary N) is 1. The minimum Gasteiger partial charge on any atom is -0.392 e. The highest BCUT2D eigenvalue weighted by atomic mass is 32.1. The number of rotatable bonds is 3. The van der Waals surface area contributed by atoms with Crippen LogP contribution in [0.15, 0.2) is 12.1 Å². The number of hydrogen-bond acceptors (Lipinski definition) is 3. The Balaban J connectivity index is 2.22. The lowest BCUT2D eigenvalue weighted by atomic mass is 9.85. The highest BCUT2D eigenvalue weighted by molar-refractivity contribution is 7.80. The molecule has 1 heterocycles. The Labute approximate surface area is 118 Å². The Kier molecular flexibility index (Phi) is 3.85. The first kappa shape index (κ1) is 13.9. The Morgan fingerprint density at radius 3 is 2.53 bits per heavy atom. The molecular formula is C14H19N3OS. The van der Waals surface area contributed by atoms with Crippen LogP contribution in [0.5, 0.6) is 0 Å². The molecule has 0 radical (unpaired) electrons. The van der Waals surface area contributed by atoms with Gasteiger partial charge in [0, 0.05) is 5.69 Å². The zero-order chi connectivity index (χ0) is 14.0. The van der Waals surface area contributed by atoms with Gasteiger partial charge < -0.3 is 11.1 Å². The lowest BCUT2D eigenvalue weighted by Gasteiger charge is -2.26. The van der Waals surface area contributed by atoms with Gasteiger partial charge in [-0.05, 0) is 38.8 Å². The Morgan fingerprint density at radius 1 is 1.37 bits per heavy atom. The van der Waals surface area contributed by atoms with Gasteiger partial charge in [0.15, 0.2) is 0 Å². The summed E-state index contributed by atoms with van der Waals surface area (Å²) in [6, 6.07) is 3.75. The topological polar surface area (TPSA) is 68.0 Å². The molecule has 102 valence electrons. The van der Waals surface area contributed by atoms with E-state index >= 15 is 0 Å². The molecule has 19 heavy (non-hydrogen) atoms. The number of nitrogens with zero attached hydrogens (tertiary/aromatic N) is 1. The van der Waals surface area contributed by atoms with Crippen molar-refractivity contribution >= 4 is 28.8 Å². The molecule has 0 bridgehead atoms. The van der Waals surface area contributed by atoms with E-state index in [1.54, 1.807) is 0 Å². The summed E-state index contributed by atoms with van der Waals surface area (Å²) in [5, 5.41) is 2.93. The average Bonchev–Trinajstić information content (AvgIpc) is 2.83. The summed E-state index contributed by atoms with van der Waals surface area (Å²) >= 11 is 5.11. The van der Waals surface area contributed by atoms with Crippen molar-refractivity contribution in [3.8, 4) is 0 Å². The highest BCUT2D eigenvalue weighted by Gasteiger charge is 2.44. The molecule has 0 aliphatic heterocycles. The molecule has 0 atom stereocenters. The normalized spacial score (nSPS) is 17.2. The number of amides is 1. The van der Waals surface area contributed by atoms with Crippen LogP contribution in [-0.2, 0) is 4.79 Å². The van der Waals surface area contributed by atoms with Crippen molar-refractivity contribution in [1.29, 1.82) is 0 Å². The number of hydrogen-bond donors (Lipinski definition) is 2. The van der Waals surface area contributed by atoms with Gasteiger partial charge in [0.25, 0.3) is 0 Å². The molecule has 5 heteroatoms. The molecule has 4 nitrogen and oxygen atoms in total. The van der Waals surface area contributed by atoms with E-state index in [0.29, 0.717) is 4.99 Å². The molecule has 0 saturated heterocycles. The second kappa shape index (κ2) is 5.25. The maximum Gasteiger partial charge on any atom is 0.237 e. The maximum absolute atomic E-state index is 12.5. The Morgan fingerprint density at radius 2 is 2.00 bits per heavy atom. The van der Waals surface area contributed by atoms with Gasteiger partial charge in [0.05, 0.1) is 21.8 Å². The Bertz CT molecular complexity index is 521. The van der Waals surface area contributed by atoms with Gasteiger partial charge in [0.2, 0.25) is 5.91 Å². The molecule has 1 aromatic heterocycles. The molecular weight excluding hydrogens is 258 g/mol. The van der Waals surface area contributed by atoms with Crippen LogP contribution in [0.2, 0.25) is 0 Å². The standard InChI is InChI=1S/C14H19N3OS/c1-9-5-6-11(10(2)16-9)17-13(18)14(12(15)19)7-3-4-8-14/h5-6H,3-4,7-8H2,1-2H3,(H2,15,19)(H,17,18). The van der Waals surface area contributed by atoms with E-state index in [-0.39, 0.29) is 5.91 Å². The predicted molar refractivity (Wildman–Crippen MR) is 80.0 cm³/mol. The van der Waals surface area contributed by atoms with Crippen LogP contribution in [0.4, 0.5) is 5.69 Å². The van der Waals surface area contributed by atoms with E-state index in [0.717, 1.165) is 42.8 Å². The number of pyridine rings is 1. The second-order valence-electron chi connectivity index (χ2n) is 5.19. The Hall–Kier alpha value is -1.49. The number of anilines is 1. The van der Waals surface area contributed by atoms with Crippen LogP contribution in [0.1, 0.15) is 37.1 Å². The van der Waals surface area contributed by atoms with Crippen LogP contribution in [0.3, 0.4) is 0 Å². The largest absolute Gasteiger partial charge is 0.392 e. The van der Waals surface area contributed by atoms with E-state index < -0.39 is 5.41 Å². The minimum absolute atomic E-state index is 0.0914. The predicted octanol–water partition coefficient (Wildman–Crippen LogP) is 2.48. The first-order valence-corrected chi connectivity index (χ1v) is 6.92. The smallest absolute Gasteiger partial charge is 0.237 e. The summed E-state index contributed by atoms with van der Waals surface area (Å²) in [6.07, 6.45) is 3.48. The highest BCUT2D eigenvalue weighted by Crippen LogP contribution is 2.39. The van der Waals surface area contributed by atoms with Crippen molar-refractivity contribution in [3.63, 3.8) is 0 Å². The van der Waals surface area contributed by atoms with Crippen molar-refractivity contribution in [2.24, 2.45) is 11.1 Å². The summed E-state index contributed by atoms with van der Waals surface area (Å²) in [4.78, 5) is 17.2. The van der Waals surface area contributed by atoms with E-state index in [2.05, 4.69) is 10.3 Å². The molecule has 0 unspecified atom stereocenters. The van der Waals surface area contributed by atoms with Crippen LogP contribution >= 0.6 is 12.2 Å². The van der Waals surface area contributed by atoms with Crippen LogP contribution < -0.4 is 11.1 Å². The number of aryl methyl sites for hydroxylation is 2. The van der Waals surface area contributed by atoms with Crippen molar-refractivity contribution in [2.45, 2.75) is 39.5 Å². The maximum atomic E-state index is 12.5. The number of carbonyl (C=O) groups excluding carboxylic acids is 1. The van der Waals surface area contributed by atoms with E-state index in [1.807, 2.05) is 26.0 Å². The van der Waals surface area contributed by atoms with Gasteiger partial charge in [-0.1, -0.05) is 25.1 Å². The molecule has 2 rings (SSSR count). The average molecular weight is 277 g/mol. The molecule has 0 spiro atoms. The van der Waals surface area contributed by atoms with Crippen LogP contribution in [0.25, 0.3) is 0 Å². The fourth-order valence-electron chi connectivity index (χ4n) is 2.62. The van der Waals surface area contributed by atoms with Gasteiger partial charge in [-0.15, -0.1) is 0 Å². The van der Waals surface area contributed by atoms with Crippen molar-refractivity contribution < 1.29 is 4.79 Å². The number of aromatic nitrogens is 1. The molecule has 1 aliphatic carbocycles. The van der Waals surface area contributed by atoms with E-state index in [1.165, 1.54) is 0 Å². The van der Waals surface area contributed by atoms with Gasteiger partial charge in [0.1, 0.15) is 0 Å². The van der Waals surface area contributed by atoms with Crippen LogP contribution in [0, 0.1) is 19.3 Å².